The summed E-state index contributed by atoms with van der Waals surface area (Å²) in [5.41, 5.74) is 1.27. The lowest BCUT2D eigenvalue weighted by Crippen LogP contribution is -2.41. The smallest absolute Gasteiger partial charge is 0.414 e. The molecule has 1 aliphatic rings. The van der Waals surface area contributed by atoms with Crippen LogP contribution in [0.1, 0.15) is 38.2 Å². The number of amides is 1. The summed E-state index contributed by atoms with van der Waals surface area (Å²) in [6, 6.07) is 8.24. The second-order valence-electron chi connectivity index (χ2n) is 7.13. The van der Waals surface area contributed by atoms with Gasteiger partial charge in [-0.2, -0.15) is 0 Å². The third kappa shape index (κ3) is 8.95. The molecule has 0 unspecified atom stereocenters. The van der Waals surface area contributed by atoms with E-state index in [0.29, 0.717) is 5.91 Å². The molecule has 0 saturated carbocycles. The van der Waals surface area contributed by atoms with Gasteiger partial charge in [0.15, 0.2) is 0 Å². The molecule has 0 aliphatic carbocycles. The van der Waals surface area contributed by atoms with Crippen LogP contribution in [0.15, 0.2) is 24.3 Å². The van der Waals surface area contributed by atoms with Gasteiger partial charge in [-0.3, -0.25) is 9.69 Å². The van der Waals surface area contributed by atoms with Crippen molar-refractivity contribution in [3.05, 3.63) is 29.8 Å². The van der Waals surface area contributed by atoms with Gasteiger partial charge in [-0.1, -0.05) is 25.5 Å². The highest BCUT2D eigenvalue weighted by molar-refractivity contribution is 6.27. The highest BCUT2D eigenvalue weighted by atomic mass is 16.5. The molecule has 1 aromatic rings. The van der Waals surface area contributed by atoms with Crippen LogP contribution < -0.4 is 4.74 Å². The SMILES string of the molecule is CCCCN(C)C(=O)C1CCN(Cc2cccc(OC)c2)CC1.O=C(O)C(=O)O. The van der Waals surface area contributed by atoms with Crippen LogP contribution >= 0.6 is 0 Å². The van der Waals surface area contributed by atoms with Crippen molar-refractivity contribution in [2.45, 2.75) is 39.2 Å². The largest absolute Gasteiger partial charge is 0.497 e. The average Bonchev–Trinajstić information content (AvgIpc) is 2.72. The maximum Gasteiger partial charge on any atom is 0.414 e. The Bertz CT molecular complexity index is 659. The number of piperidine rings is 1. The van der Waals surface area contributed by atoms with Crippen molar-refractivity contribution in [2.75, 3.05) is 33.8 Å². The Kier molecular flexibility index (Phi) is 10.8. The standard InChI is InChI=1S/C19H30N2O2.C2H2O4/c1-4-5-11-20(2)19(22)17-9-12-21(13-10-17)15-16-7-6-8-18(14-16)23-3;3-1(4)2(5)6/h6-8,14,17H,4-5,9-13,15H2,1-3H3;(H,3,4)(H,5,6). The summed E-state index contributed by atoms with van der Waals surface area (Å²) < 4.78 is 5.28. The van der Waals surface area contributed by atoms with Crippen molar-refractivity contribution in [2.24, 2.45) is 5.92 Å². The van der Waals surface area contributed by atoms with Gasteiger partial charge in [-0.05, 0) is 50.0 Å². The lowest BCUT2D eigenvalue weighted by molar-refractivity contribution is -0.159. The number of methoxy groups -OCH3 is 1. The molecule has 29 heavy (non-hydrogen) atoms. The van der Waals surface area contributed by atoms with Gasteiger partial charge in [0.1, 0.15) is 5.75 Å². The first-order valence-corrected chi connectivity index (χ1v) is 9.84. The fourth-order valence-corrected chi connectivity index (χ4v) is 3.18. The van der Waals surface area contributed by atoms with Crippen molar-refractivity contribution >= 4 is 17.8 Å². The monoisotopic (exact) mass is 408 g/mol. The lowest BCUT2D eigenvalue weighted by Gasteiger charge is -2.33. The van der Waals surface area contributed by atoms with Crippen LogP contribution in [0.5, 0.6) is 5.75 Å². The number of carboxylic acids is 2. The average molecular weight is 408 g/mol. The Morgan fingerprint density at radius 3 is 2.31 bits per heavy atom. The Morgan fingerprint density at radius 1 is 1.17 bits per heavy atom. The van der Waals surface area contributed by atoms with E-state index < -0.39 is 11.9 Å². The predicted octanol–water partition coefficient (Wildman–Crippen LogP) is 2.32. The zero-order valence-electron chi connectivity index (χ0n) is 17.5. The van der Waals surface area contributed by atoms with Crippen LogP contribution in [-0.4, -0.2) is 71.7 Å². The molecule has 2 N–H and O–H groups in total. The number of carbonyl (C=O) groups is 3. The van der Waals surface area contributed by atoms with Crippen molar-refractivity contribution in [3.63, 3.8) is 0 Å². The molecular formula is C21H32N2O6. The number of carboxylic acid groups (broad SMARTS) is 2. The van der Waals surface area contributed by atoms with Gasteiger partial charge in [-0.15, -0.1) is 0 Å². The number of nitrogens with zero attached hydrogens (tertiary/aromatic N) is 2. The molecule has 0 spiro atoms. The molecule has 0 radical (unpaired) electrons. The Labute approximate surface area is 172 Å². The third-order valence-electron chi connectivity index (χ3n) is 4.88. The van der Waals surface area contributed by atoms with Gasteiger partial charge in [0.2, 0.25) is 5.91 Å². The van der Waals surface area contributed by atoms with Gasteiger partial charge in [0, 0.05) is 26.1 Å². The normalized spacial score (nSPS) is 14.4. The van der Waals surface area contributed by atoms with Crippen LogP contribution in [0, 0.1) is 5.92 Å². The first kappa shape index (κ1) is 24.4. The zero-order chi connectivity index (χ0) is 21.8. The van der Waals surface area contributed by atoms with Crippen molar-refractivity contribution in [1.29, 1.82) is 0 Å². The summed E-state index contributed by atoms with van der Waals surface area (Å²) in [6.45, 7) is 5.98. The number of unbranched alkanes of at least 4 members (excludes halogenated alkanes) is 1. The first-order chi connectivity index (χ1) is 13.8. The Balaban J connectivity index is 0.000000612. The number of aliphatic carboxylic acids is 2. The minimum Gasteiger partial charge on any atom is -0.497 e. The topological polar surface area (TPSA) is 107 Å². The van der Waals surface area contributed by atoms with Crippen LogP contribution in [0.4, 0.5) is 0 Å². The van der Waals surface area contributed by atoms with Crippen LogP contribution in [0.2, 0.25) is 0 Å². The van der Waals surface area contributed by atoms with Gasteiger partial charge in [-0.25, -0.2) is 9.59 Å². The minimum atomic E-state index is -1.82. The molecule has 8 heteroatoms. The highest BCUT2D eigenvalue weighted by Crippen LogP contribution is 2.22. The van der Waals surface area contributed by atoms with E-state index in [2.05, 4.69) is 24.0 Å². The minimum absolute atomic E-state index is 0.207. The summed E-state index contributed by atoms with van der Waals surface area (Å²) in [4.78, 5) is 35.0. The second kappa shape index (κ2) is 12.8. The van der Waals surface area contributed by atoms with Crippen LogP contribution in [0.3, 0.4) is 0 Å². The lowest BCUT2D eigenvalue weighted by atomic mass is 9.95. The molecular weight excluding hydrogens is 376 g/mol. The van der Waals surface area contributed by atoms with Crippen molar-refractivity contribution in [3.8, 4) is 5.75 Å². The van der Waals surface area contributed by atoms with Crippen LogP contribution in [0.25, 0.3) is 0 Å². The third-order valence-corrected chi connectivity index (χ3v) is 4.88. The predicted molar refractivity (Wildman–Crippen MR) is 109 cm³/mol. The fourth-order valence-electron chi connectivity index (χ4n) is 3.18. The van der Waals surface area contributed by atoms with E-state index in [0.717, 1.165) is 57.6 Å². The van der Waals surface area contributed by atoms with E-state index in [1.165, 1.54) is 5.56 Å². The molecule has 0 aromatic heterocycles. The molecule has 8 nitrogen and oxygen atoms in total. The number of carbonyl (C=O) groups excluding carboxylic acids is 1. The number of rotatable bonds is 7. The van der Waals surface area contributed by atoms with Gasteiger partial charge < -0.3 is 19.8 Å². The molecule has 1 amide bonds. The molecule has 0 bridgehead atoms. The molecule has 1 aliphatic heterocycles. The summed E-state index contributed by atoms with van der Waals surface area (Å²) in [7, 11) is 3.64. The summed E-state index contributed by atoms with van der Waals surface area (Å²) in [5, 5.41) is 14.8. The van der Waals surface area contributed by atoms with Gasteiger partial charge in [0.25, 0.3) is 0 Å². The van der Waals surface area contributed by atoms with Gasteiger partial charge in [0.05, 0.1) is 7.11 Å². The van der Waals surface area contributed by atoms with E-state index >= 15 is 0 Å². The van der Waals surface area contributed by atoms with E-state index in [4.69, 9.17) is 24.5 Å². The zero-order valence-corrected chi connectivity index (χ0v) is 17.5. The number of likely N-dealkylation sites (tertiary alicyclic amines) is 1. The van der Waals surface area contributed by atoms with Gasteiger partial charge >= 0.3 is 11.9 Å². The number of hydrogen-bond donors (Lipinski definition) is 2. The molecule has 2 rings (SSSR count). The number of ether oxygens (including phenoxy) is 1. The molecule has 1 heterocycles. The van der Waals surface area contributed by atoms with Crippen molar-refractivity contribution < 1.29 is 29.3 Å². The number of hydrogen-bond acceptors (Lipinski definition) is 5. The van der Waals surface area contributed by atoms with Crippen LogP contribution in [-0.2, 0) is 20.9 Å². The highest BCUT2D eigenvalue weighted by Gasteiger charge is 2.26. The van der Waals surface area contributed by atoms with Crippen molar-refractivity contribution in [1.82, 2.24) is 9.80 Å². The molecule has 0 atom stereocenters. The molecule has 162 valence electrons. The summed E-state index contributed by atoms with van der Waals surface area (Å²) in [5.74, 6) is -2.20. The second-order valence-corrected chi connectivity index (χ2v) is 7.13. The summed E-state index contributed by atoms with van der Waals surface area (Å²) >= 11 is 0. The van der Waals surface area contributed by atoms with E-state index in [1.54, 1.807) is 7.11 Å². The maximum atomic E-state index is 12.4. The summed E-state index contributed by atoms with van der Waals surface area (Å²) in [6.07, 6.45) is 4.17. The molecule has 1 fully saturated rings. The molecule has 1 aromatic carbocycles. The fraction of sp³-hybridized carbons (Fsp3) is 0.571. The first-order valence-electron chi connectivity index (χ1n) is 9.84. The quantitative estimate of drug-likeness (QED) is 0.667. The van der Waals surface area contributed by atoms with E-state index in [1.807, 2.05) is 24.1 Å². The molecule has 1 saturated heterocycles. The van der Waals surface area contributed by atoms with E-state index in [9.17, 15) is 4.79 Å². The Morgan fingerprint density at radius 2 is 1.79 bits per heavy atom. The number of benzene rings is 1. The van der Waals surface area contributed by atoms with E-state index in [-0.39, 0.29) is 5.92 Å². The maximum absolute atomic E-state index is 12.4. The Hall–Kier alpha value is -2.61.